The molecule has 2 bridgehead atoms. The molecule has 0 aromatic carbocycles. The number of halogens is 5. The van der Waals surface area contributed by atoms with E-state index in [4.69, 9.17) is 5.11 Å². The second kappa shape index (κ2) is 3.43. The molecule has 1 saturated carbocycles. The summed E-state index contributed by atoms with van der Waals surface area (Å²) >= 11 is 0. The van der Waals surface area contributed by atoms with Crippen LogP contribution < -0.4 is 0 Å². The number of hydrogen-bond acceptors (Lipinski definition) is 1. The van der Waals surface area contributed by atoms with Crippen LogP contribution in [0.25, 0.3) is 0 Å². The van der Waals surface area contributed by atoms with Gasteiger partial charge in [-0.05, 0) is 18.3 Å². The molecule has 2 aliphatic rings. The predicted octanol–water partition coefficient (Wildman–Crippen LogP) is 2.71. The first-order valence-corrected chi connectivity index (χ1v) is 5.02. The fraction of sp³-hybridized carbons (Fsp3) is 0.700. The molecule has 2 aliphatic carbocycles. The minimum absolute atomic E-state index is 0.0628. The predicted molar refractivity (Wildman–Crippen MR) is 46.4 cm³/mol. The zero-order valence-corrected chi connectivity index (χ0v) is 8.42. The first-order valence-electron chi connectivity index (χ1n) is 5.02. The molecule has 0 saturated heterocycles. The topological polar surface area (TPSA) is 37.3 Å². The largest absolute Gasteiger partial charge is 0.481 e. The highest BCUT2D eigenvalue weighted by atomic mass is 19.4. The average Bonchev–Trinajstić information content (AvgIpc) is 2.73. The summed E-state index contributed by atoms with van der Waals surface area (Å²) in [7, 11) is 0. The van der Waals surface area contributed by atoms with E-state index in [1.54, 1.807) is 0 Å². The summed E-state index contributed by atoms with van der Waals surface area (Å²) in [5, 5.41) is 8.80. The van der Waals surface area contributed by atoms with Crippen molar-refractivity contribution in [2.75, 3.05) is 0 Å². The first-order chi connectivity index (χ1) is 7.66. The highest BCUT2D eigenvalue weighted by Gasteiger charge is 2.69. The van der Waals surface area contributed by atoms with Crippen molar-refractivity contribution in [3.8, 4) is 0 Å². The monoisotopic (exact) mass is 256 g/mol. The van der Waals surface area contributed by atoms with Gasteiger partial charge in [0.05, 0.1) is 11.8 Å². The van der Waals surface area contributed by atoms with E-state index >= 15 is 0 Å². The number of rotatable bonds is 2. The maximum absolute atomic E-state index is 13.3. The number of hydrogen-bond donors (Lipinski definition) is 1. The Labute approximate surface area is 93.1 Å². The molecule has 2 nitrogen and oxygen atoms in total. The number of fused-ring (bicyclic) bond motifs is 2. The Hall–Kier alpha value is -1.14. The second-order valence-corrected chi connectivity index (χ2v) is 4.46. The third kappa shape index (κ3) is 1.63. The fourth-order valence-electron chi connectivity index (χ4n) is 2.84. The number of allylic oxidation sites excluding steroid dienone is 2. The third-order valence-electron chi connectivity index (χ3n) is 3.54. The lowest BCUT2D eigenvalue weighted by Gasteiger charge is -2.33. The number of carbonyl (C=O) groups is 1. The number of alkyl halides is 5. The van der Waals surface area contributed by atoms with Crippen LogP contribution in [-0.4, -0.2) is 23.2 Å². The Morgan fingerprint density at radius 2 is 1.65 bits per heavy atom. The third-order valence-corrected chi connectivity index (χ3v) is 3.54. The van der Waals surface area contributed by atoms with Gasteiger partial charge in [0.1, 0.15) is 0 Å². The molecule has 0 aromatic heterocycles. The van der Waals surface area contributed by atoms with Crippen molar-refractivity contribution in [3.05, 3.63) is 12.2 Å². The molecular weight excluding hydrogens is 247 g/mol. The number of aliphatic carboxylic acids is 1. The number of carboxylic acids is 1. The van der Waals surface area contributed by atoms with E-state index in [1.807, 2.05) is 0 Å². The molecule has 1 N–H and O–H groups in total. The van der Waals surface area contributed by atoms with Crippen LogP contribution in [0.2, 0.25) is 0 Å². The standard InChI is InChI=1S/C10H9F5O2/c11-9(12,10(13,14)15)7-5-2-1-4(3-5)6(7)8(16)17/h1-2,4-7H,3H2,(H,16,17)/t4-,5+,6+,7+/m1/s1. The van der Waals surface area contributed by atoms with E-state index in [-0.39, 0.29) is 6.42 Å². The van der Waals surface area contributed by atoms with Gasteiger partial charge in [0.25, 0.3) is 0 Å². The summed E-state index contributed by atoms with van der Waals surface area (Å²) in [5.41, 5.74) is 0. The summed E-state index contributed by atoms with van der Waals surface area (Å²) in [5.74, 6) is -12.1. The molecule has 0 aliphatic heterocycles. The van der Waals surface area contributed by atoms with E-state index in [0.29, 0.717) is 0 Å². The maximum atomic E-state index is 13.3. The fourth-order valence-corrected chi connectivity index (χ4v) is 2.84. The Bertz CT molecular complexity index is 373. The zero-order chi connectivity index (χ0) is 13.0. The summed E-state index contributed by atoms with van der Waals surface area (Å²) in [4.78, 5) is 10.8. The van der Waals surface area contributed by atoms with Crippen LogP contribution in [0, 0.1) is 23.7 Å². The zero-order valence-electron chi connectivity index (χ0n) is 8.42. The van der Waals surface area contributed by atoms with Gasteiger partial charge in [0.2, 0.25) is 0 Å². The smallest absolute Gasteiger partial charge is 0.453 e. The van der Waals surface area contributed by atoms with Crippen LogP contribution >= 0.6 is 0 Å². The molecule has 0 unspecified atom stereocenters. The lowest BCUT2D eigenvalue weighted by Crippen LogP contribution is -2.49. The van der Waals surface area contributed by atoms with Gasteiger partial charge in [0, 0.05) is 0 Å². The Kier molecular flexibility index (Phi) is 2.48. The SMILES string of the molecule is O=C(O)[C@@H]1[C@@H](C(F)(F)C(F)(F)F)[C@H]2C=C[C@@H]1C2. The van der Waals surface area contributed by atoms with Crippen molar-refractivity contribution in [2.45, 2.75) is 18.5 Å². The van der Waals surface area contributed by atoms with E-state index in [0.717, 1.165) is 0 Å². The molecule has 0 radical (unpaired) electrons. The van der Waals surface area contributed by atoms with Crippen LogP contribution in [-0.2, 0) is 4.79 Å². The highest BCUT2D eigenvalue weighted by molar-refractivity contribution is 5.72. The van der Waals surface area contributed by atoms with Gasteiger partial charge in [-0.25, -0.2) is 0 Å². The lowest BCUT2D eigenvalue weighted by molar-refractivity contribution is -0.309. The van der Waals surface area contributed by atoms with E-state index < -0.39 is 41.7 Å². The van der Waals surface area contributed by atoms with Crippen LogP contribution in [0.5, 0.6) is 0 Å². The van der Waals surface area contributed by atoms with Gasteiger partial charge >= 0.3 is 18.1 Å². The molecule has 96 valence electrons. The van der Waals surface area contributed by atoms with Crippen LogP contribution in [0.3, 0.4) is 0 Å². The molecule has 4 atom stereocenters. The van der Waals surface area contributed by atoms with Gasteiger partial charge in [-0.1, -0.05) is 12.2 Å². The maximum Gasteiger partial charge on any atom is 0.453 e. The first kappa shape index (κ1) is 12.3. The average molecular weight is 256 g/mol. The van der Waals surface area contributed by atoms with Crippen LogP contribution in [0.15, 0.2) is 12.2 Å². The molecular formula is C10H9F5O2. The number of carboxylic acid groups (broad SMARTS) is 1. The van der Waals surface area contributed by atoms with Crippen molar-refractivity contribution in [2.24, 2.45) is 23.7 Å². The Morgan fingerprint density at radius 1 is 1.12 bits per heavy atom. The van der Waals surface area contributed by atoms with E-state index in [1.165, 1.54) is 12.2 Å². The summed E-state index contributed by atoms with van der Waals surface area (Å²) < 4.78 is 63.4. The van der Waals surface area contributed by atoms with Gasteiger partial charge in [-0.15, -0.1) is 0 Å². The summed E-state index contributed by atoms with van der Waals surface area (Å²) in [6.45, 7) is 0. The summed E-state index contributed by atoms with van der Waals surface area (Å²) in [6, 6.07) is 0. The van der Waals surface area contributed by atoms with Crippen molar-refractivity contribution in [1.29, 1.82) is 0 Å². The van der Waals surface area contributed by atoms with Crippen LogP contribution in [0.1, 0.15) is 6.42 Å². The molecule has 1 fully saturated rings. The molecule has 7 heteroatoms. The van der Waals surface area contributed by atoms with E-state index in [2.05, 4.69) is 0 Å². The lowest BCUT2D eigenvalue weighted by atomic mass is 9.78. The van der Waals surface area contributed by atoms with Gasteiger partial charge in [-0.2, -0.15) is 22.0 Å². The molecule has 0 amide bonds. The minimum atomic E-state index is -5.70. The van der Waals surface area contributed by atoms with Crippen molar-refractivity contribution in [1.82, 2.24) is 0 Å². The Morgan fingerprint density at radius 3 is 2.12 bits per heavy atom. The van der Waals surface area contributed by atoms with Crippen molar-refractivity contribution < 1.29 is 31.9 Å². The van der Waals surface area contributed by atoms with E-state index in [9.17, 15) is 26.7 Å². The Balaban J connectivity index is 2.38. The molecule has 0 aromatic rings. The molecule has 0 spiro atoms. The molecule has 0 heterocycles. The summed E-state index contributed by atoms with van der Waals surface area (Å²) in [6.07, 6.45) is -2.95. The van der Waals surface area contributed by atoms with Crippen molar-refractivity contribution >= 4 is 5.97 Å². The van der Waals surface area contributed by atoms with Crippen molar-refractivity contribution in [3.63, 3.8) is 0 Å². The second-order valence-electron chi connectivity index (χ2n) is 4.46. The molecule has 2 rings (SSSR count). The van der Waals surface area contributed by atoms with Gasteiger partial charge < -0.3 is 5.11 Å². The normalized spacial score (nSPS) is 36.5. The van der Waals surface area contributed by atoms with Gasteiger partial charge in [0.15, 0.2) is 0 Å². The molecule has 17 heavy (non-hydrogen) atoms. The van der Waals surface area contributed by atoms with Crippen LogP contribution in [0.4, 0.5) is 22.0 Å². The minimum Gasteiger partial charge on any atom is -0.481 e. The quantitative estimate of drug-likeness (QED) is 0.609. The highest BCUT2D eigenvalue weighted by Crippen LogP contribution is 2.57. The van der Waals surface area contributed by atoms with Gasteiger partial charge in [-0.3, -0.25) is 4.79 Å².